The van der Waals surface area contributed by atoms with Crippen LogP contribution in [0.3, 0.4) is 0 Å². The van der Waals surface area contributed by atoms with Gasteiger partial charge in [-0.1, -0.05) is 44.2 Å². The molecule has 0 unspecified atom stereocenters. The van der Waals surface area contributed by atoms with Crippen LogP contribution in [0.2, 0.25) is 0 Å². The van der Waals surface area contributed by atoms with E-state index >= 15 is 0 Å². The molecule has 0 amide bonds. The van der Waals surface area contributed by atoms with E-state index in [1.54, 1.807) is 13.2 Å². The minimum atomic E-state index is -1.01. The Morgan fingerprint density at radius 1 is 1.17 bits per heavy atom. The number of ether oxygens (including phenoxy) is 2. The summed E-state index contributed by atoms with van der Waals surface area (Å²) in [5.74, 6) is -2.52. The van der Waals surface area contributed by atoms with E-state index in [9.17, 15) is 14.0 Å². The topological polar surface area (TPSA) is 65.7 Å². The van der Waals surface area contributed by atoms with Gasteiger partial charge in [0.15, 0.2) is 0 Å². The van der Waals surface area contributed by atoms with Crippen molar-refractivity contribution in [3.8, 4) is 0 Å². The van der Waals surface area contributed by atoms with Gasteiger partial charge in [0.05, 0.1) is 18.8 Å². The molecule has 5 nitrogen and oxygen atoms in total. The predicted molar refractivity (Wildman–Crippen MR) is 104 cm³/mol. The Balaban J connectivity index is 1.54. The molecule has 1 aliphatic carbocycles. The highest BCUT2D eigenvalue weighted by molar-refractivity contribution is 5.86. The monoisotopic (exact) mass is 400 g/mol. The van der Waals surface area contributed by atoms with Crippen LogP contribution in [0.4, 0.5) is 4.39 Å². The van der Waals surface area contributed by atoms with Gasteiger partial charge in [0.25, 0.3) is 0 Å². The summed E-state index contributed by atoms with van der Waals surface area (Å²) in [6.07, 6.45) is 3.39. The van der Waals surface area contributed by atoms with Gasteiger partial charge in [-0.2, -0.15) is 4.39 Å². The standard InChI is InChI=1S/C23H25FO5/c1-4-27-21(25)19(24)12-18-20(23(18,2)3)22(26)29-14-16-11-17(28-13-16)10-15-8-6-5-7-9-15/h5-9,11-13,18,20H,4,10,14H2,1-3H3/b19-12-/t18-,20-/m0/s1. The van der Waals surface area contributed by atoms with Crippen LogP contribution in [0.15, 0.2) is 59.0 Å². The number of halogens is 1. The van der Waals surface area contributed by atoms with E-state index in [1.807, 2.05) is 50.2 Å². The second-order valence-corrected chi connectivity index (χ2v) is 7.75. The maximum atomic E-state index is 13.9. The molecule has 2 atom stereocenters. The van der Waals surface area contributed by atoms with E-state index < -0.39 is 35.0 Å². The van der Waals surface area contributed by atoms with Gasteiger partial charge in [-0.15, -0.1) is 0 Å². The summed E-state index contributed by atoms with van der Waals surface area (Å²) >= 11 is 0. The lowest BCUT2D eigenvalue weighted by Gasteiger charge is -2.03. The highest BCUT2D eigenvalue weighted by Gasteiger charge is 2.62. The molecule has 0 saturated heterocycles. The third kappa shape index (κ3) is 4.94. The van der Waals surface area contributed by atoms with Gasteiger partial charge in [0.2, 0.25) is 5.83 Å². The molecule has 3 rings (SSSR count). The Morgan fingerprint density at radius 3 is 2.59 bits per heavy atom. The Labute approximate surface area is 169 Å². The van der Waals surface area contributed by atoms with Crippen LogP contribution in [-0.2, 0) is 32.1 Å². The summed E-state index contributed by atoms with van der Waals surface area (Å²) in [5.41, 5.74) is 1.41. The van der Waals surface area contributed by atoms with Crippen molar-refractivity contribution in [3.05, 3.63) is 71.5 Å². The molecule has 29 heavy (non-hydrogen) atoms. The second kappa shape index (κ2) is 8.64. The number of allylic oxidation sites excluding steroid dienone is 1. The zero-order valence-corrected chi connectivity index (χ0v) is 16.8. The number of carbonyl (C=O) groups excluding carboxylic acids is 2. The Hall–Kier alpha value is -2.89. The van der Waals surface area contributed by atoms with E-state index in [-0.39, 0.29) is 13.2 Å². The second-order valence-electron chi connectivity index (χ2n) is 7.75. The number of rotatable bonds is 8. The fourth-order valence-corrected chi connectivity index (χ4v) is 3.50. The largest absolute Gasteiger partial charge is 0.469 e. The summed E-state index contributed by atoms with van der Waals surface area (Å²) in [6.45, 7) is 5.47. The van der Waals surface area contributed by atoms with Crippen molar-refractivity contribution in [3.63, 3.8) is 0 Å². The third-order valence-corrected chi connectivity index (χ3v) is 5.27. The van der Waals surface area contributed by atoms with E-state index in [4.69, 9.17) is 9.15 Å². The molecule has 1 fully saturated rings. The number of hydrogen-bond donors (Lipinski definition) is 0. The van der Waals surface area contributed by atoms with Crippen LogP contribution >= 0.6 is 0 Å². The first-order valence-corrected chi connectivity index (χ1v) is 9.64. The maximum Gasteiger partial charge on any atom is 0.366 e. The first kappa shape index (κ1) is 20.8. The fraction of sp³-hybridized carbons (Fsp3) is 0.391. The molecule has 1 heterocycles. The zero-order valence-electron chi connectivity index (χ0n) is 16.8. The molecule has 6 heteroatoms. The molecule has 0 spiro atoms. The lowest BCUT2D eigenvalue weighted by Crippen LogP contribution is -2.10. The van der Waals surface area contributed by atoms with Gasteiger partial charge in [-0.05, 0) is 36.0 Å². The van der Waals surface area contributed by atoms with Crippen LogP contribution in [0.5, 0.6) is 0 Å². The van der Waals surface area contributed by atoms with Gasteiger partial charge in [0, 0.05) is 12.0 Å². The van der Waals surface area contributed by atoms with Gasteiger partial charge >= 0.3 is 11.9 Å². The van der Waals surface area contributed by atoms with Crippen molar-refractivity contribution in [2.45, 2.75) is 33.8 Å². The lowest BCUT2D eigenvalue weighted by atomic mass is 10.1. The number of hydrogen-bond acceptors (Lipinski definition) is 5. The number of furan rings is 1. The molecule has 0 aliphatic heterocycles. The Bertz CT molecular complexity index is 897. The zero-order chi connectivity index (χ0) is 21.0. The van der Waals surface area contributed by atoms with Crippen molar-refractivity contribution >= 4 is 11.9 Å². The van der Waals surface area contributed by atoms with Gasteiger partial charge in [-0.3, -0.25) is 4.79 Å². The number of carbonyl (C=O) groups is 2. The SMILES string of the molecule is CCOC(=O)/C(F)=C/[C@H]1[C@@H](C(=O)OCc2coc(Cc3ccccc3)c2)C1(C)C. The summed E-state index contributed by atoms with van der Waals surface area (Å²) in [7, 11) is 0. The molecule has 1 aliphatic rings. The van der Waals surface area contributed by atoms with Crippen LogP contribution in [0.1, 0.15) is 37.7 Å². The fourth-order valence-electron chi connectivity index (χ4n) is 3.50. The van der Waals surface area contributed by atoms with Gasteiger partial charge in [0.1, 0.15) is 12.4 Å². The number of benzene rings is 1. The molecule has 0 radical (unpaired) electrons. The normalized spacial score (nSPS) is 20.2. The van der Waals surface area contributed by atoms with Crippen molar-refractivity contribution in [1.29, 1.82) is 0 Å². The molecular weight excluding hydrogens is 375 g/mol. The minimum Gasteiger partial charge on any atom is -0.469 e. The van der Waals surface area contributed by atoms with Crippen LogP contribution in [0, 0.1) is 17.3 Å². The highest BCUT2D eigenvalue weighted by atomic mass is 19.1. The average molecular weight is 400 g/mol. The predicted octanol–water partition coefficient (Wildman–Crippen LogP) is 4.60. The molecule has 154 valence electrons. The summed E-state index contributed by atoms with van der Waals surface area (Å²) in [5, 5.41) is 0. The van der Waals surface area contributed by atoms with Crippen molar-refractivity contribution in [2.75, 3.05) is 6.61 Å². The average Bonchev–Trinajstić information content (AvgIpc) is 3.01. The van der Waals surface area contributed by atoms with Crippen molar-refractivity contribution < 1.29 is 27.9 Å². The van der Waals surface area contributed by atoms with Crippen LogP contribution < -0.4 is 0 Å². The molecular formula is C23H25FO5. The van der Waals surface area contributed by atoms with E-state index in [0.717, 1.165) is 16.9 Å². The van der Waals surface area contributed by atoms with E-state index in [2.05, 4.69) is 4.74 Å². The van der Waals surface area contributed by atoms with Crippen LogP contribution in [0.25, 0.3) is 0 Å². The minimum absolute atomic E-state index is 0.0838. The van der Waals surface area contributed by atoms with Crippen LogP contribution in [-0.4, -0.2) is 18.5 Å². The van der Waals surface area contributed by atoms with Crippen molar-refractivity contribution in [2.24, 2.45) is 17.3 Å². The Morgan fingerprint density at radius 2 is 1.90 bits per heavy atom. The molecule has 1 aromatic carbocycles. The summed E-state index contributed by atoms with van der Waals surface area (Å²) < 4.78 is 29.5. The molecule has 0 bridgehead atoms. The maximum absolute atomic E-state index is 13.9. The third-order valence-electron chi connectivity index (χ3n) is 5.27. The van der Waals surface area contributed by atoms with Crippen molar-refractivity contribution in [1.82, 2.24) is 0 Å². The van der Waals surface area contributed by atoms with Gasteiger partial charge < -0.3 is 13.9 Å². The number of esters is 2. The van der Waals surface area contributed by atoms with Gasteiger partial charge in [-0.25, -0.2) is 4.79 Å². The summed E-state index contributed by atoms with van der Waals surface area (Å²) in [6, 6.07) is 11.8. The molecule has 0 N–H and O–H groups in total. The Kier molecular flexibility index (Phi) is 6.20. The molecule has 2 aromatic rings. The first-order chi connectivity index (χ1) is 13.8. The smallest absolute Gasteiger partial charge is 0.366 e. The quantitative estimate of drug-likeness (QED) is 0.479. The van der Waals surface area contributed by atoms with E-state index in [1.165, 1.54) is 6.08 Å². The highest BCUT2D eigenvalue weighted by Crippen LogP contribution is 2.60. The summed E-state index contributed by atoms with van der Waals surface area (Å²) in [4.78, 5) is 23.9. The first-order valence-electron chi connectivity index (χ1n) is 9.64. The van der Waals surface area contributed by atoms with E-state index in [0.29, 0.717) is 6.42 Å². The molecule has 1 saturated carbocycles. The molecule has 1 aromatic heterocycles. The lowest BCUT2D eigenvalue weighted by molar-refractivity contribution is -0.147.